The van der Waals surface area contributed by atoms with E-state index >= 15 is 0 Å². The van der Waals surface area contributed by atoms with Crippen molar-refractivity contribution in [3.63, 3.8) is 0 Å². The molecule has 26 heavy (non-hydrogen) atoms. The molecule has 0 aliphatic heterocycles. The lowest BCUT2D eigenvalue weighted by molar-refractivity contribution is -0.119. The Bertz CT molecular complexity index is 464. The van der Waals surface area contributed by atoms with Crippen LogP contribution < -0.4 is 5.32 Å². The van der Waals surface area contributed by atoms with E-state index in [0.29, 0.717) is 5.75 Å². The van der Waals surface area contributed by atoms with Crippen LogP contribution in [0.15, 0.2) is 0 Å². The summed E-state index contributed by atoms with van der Waals surface area (Å²) in [5.41, 5.74) is -0.984. The molecule has 0 aromatic heterocycles. The molecule has 0 rings (SSSR count). The first-order valence-electron chi connectivity index (χ1n) is 9.84. The third-order valence-corrected chi connectivity index (χ3v) is 6.10. The van der Waals surface area contributed by atoms with E-state index < -0.39 is 21.4 Å². The van der Waals surface area contributed by atoms with Gasteiger partial charge in [-0.3, -0.25) is 9.35 Å². The van der Waals surface area contributed by atoms with Crippen LogP contribution >= 0.6 is 11.8 Å². The maximum absolute atomic E-state index is 11.8. The molecule has 0 atom stereocenters. The minimum atomic E-state index is -4.11. The number of hydrogen-bond acceptors (Lipinski definition) is 4. The van der Waals surface area contributed by atoms with Gasteiger partial charge in [0.15, 0.2) is 0 Å². The van der Waals surface area contributed by atoms with Crippen LogP contribution in [0.5, 0.6) is 0 Å². The van der Waals surface area contributed by atoms with Crippen molar-refractivity contribution < 1.29 is 17.8 Å². The summed E-state index contributed by atoms with van der Waals surface area (Å²) in [5, 5.41) is 2.61. The van der Waals surface area contributed by atoms with Gasteiger partial charge in [0, 0.05) is 5.75 Å². The highest BCUT2D eigenvalue weighted by Crippen LogP contribution is 2.13. The molecule has 0 aromatic rings. The van der Waals surface area contributed by atoms with Crippen molar-refractivity contribution in [2.24, 2.45) is 0 Å². The highest BCUT2D eigenvalue weighted by Gasteiger charge is 2.26. The lowest BCUT2D eigenvalue weighted by Crippen LogP contribution is -2.48. The van der Waals surface area contributed by atoms with Crippen LogP contribution in [0.1, 0.15) is 85.0 Å². The molecule has 155 valence electrons. The number of amides is 1. The molecule has 2 N–H and O–H groups in total. The number of nitrogens with one attached hydrogen (secondary N) is 1. The second kappa shape index (κ2) is 14.7. The topological polar surface area (TPSA) is 83.5 Å². The Morgan fingerprint density at radius 1 is 1.00 bits per heavy atom. The first-order valence-corrected chi connectivity index (χ1v) is 12.6. The summed E-state index contributed by atoms with van der Waals surface area (Å²) >= 11 is 1.71. The molecule has 0 aromatic carbocycles. The minimum absolute atomic E-state index is 0.297. The van der Waals surface area contributed by atoms with Crippen molar-refractivity contribution in [3.8, 4) is 0 Å². The molecule has 1 radical (unpaired) electrons. The summed E-state index contributed by atoms with van der Waals surface area (Å²) < 4.78 is 30.7. The Balaban J connectivity index is 3.48. The molecule has 0 aliphatic carbocycles. The smallest absolute Gasteiger partial charge is 0.267 e. The van der Waals surface area contributed by atoms with Crippen LogP contribution in [0.2, 0.25) is 0 Å². The number of hydrogen-bond donors (Lipinski definition) is 2. The second-order valence-electron chi connectivity index (χ2n) is 7.56. The Kier molecular flexibility index (Phi) is 14.6. The fourth-order valence-electron chi connectivity index (χ4n) is 2.79. The summed E-state index contributed by atoms with van der Waals surface area (Å²) in [4.78, 5) is 11.8. The molecular weight excluding hydrogens is 370 g/mol. The minimum Gasteiger partial charge on any atom is -0.350 e. The monoisotopic (exact) mass is 408 g/mol. The molecule has 0 heterocycles. The predicted octanol–water partition coefficient (Wildman–Crippen LogP) is 4.63. The van der Waals surface area contributed by atoms with Gasteiger partial charge in [-0.25, -0.2) is 0 Å². The molecule has 0 fully saturated rings. The van der Waals surface area contributed by atoms with Crippen molar-refractivity contribution in [1.82, 2.24) is 5.32 Å². The van der Waals surface area contributed by atoms with E-state index in [2.05, 4.69) is 12.2 Å². The molecule has 0 spiro atoms. The fraction of sp³-hybridized carbons (Fsp3) is 0.895. The van der Waals surface area contributed by atoms with Crippen molar-refractivity contribution >= 4 is 27.8 Å². The zero-order valence-electron chi connectivity index (χ0n) is 16.8. The lowest BCUT2D eigenvalue weighted by Gasteiger charge is -2.24. The summed E-state index contributed by atoms with van der Waals surface area (Å²) in [6.45, 7) is 5.39. The van der Waals surface area contributed by atoms with Gasteiger partial charge in [-0.1, -0.05) is 64.7 Å². The van der Waals surface area contributed by atoms with Gasteiger partial charge in [0.05, 0.1) is 17.7 Å². The number of thioether (sulfide) groups is 1. The van der Waals surface area contributed by atoms with Gasteiger partial charge in [-0.2, -0.15) is 20.2 Å². The molecule has 1 amide bonds. The first-order chi connectivity index (χ1) is 12.2. The largest absolute Gasteiger partial charge is 0.350 e. The van der Waals surface area contributed by atoms with Gasteiger partial charge in [-0.05, 0) is 26.0 Å². The third kappa shape index (κ3) is 18.5. The maximum atomic E-state index is 11.8. The number of carbonyl (C=O) groups excluding carboxylic acids is 1. The van der Waals surface area contributed by atoms with Gasteiger partial charge in [0.2, 0.25) is 5.91 Å². The Morgan fingerprint density at radius 3 is 2.00 bits per heavy atom. The molecule has 0 saturated carbocycles. The van der Waals surface area contributed by atoms with E-state index in [1.165, 1.54) is 70.6 Å². The van der Waals surface area contributed by atoms with Crippen LogP contribution in [0.25, 0.3) is 0 Å². The van der Waals surface area contributed by atoms with Crippen molar-refractivity contribution in [2.75, 3.05) is 17.3 Å². The lowest BCUT2D eigenvalue weighted by atomic mass is 10.1. The number of carbonyl (C=O) groups is 1. The predicted molar refractivity (Wildman–Crippen MR) is 112 cm³/mol. The maximum Gasteiger partial charge on any atom is 0.267 e. The molecule has 5 nitrogen and oxygen atoms in total. The standard InChI is InChI=1S/C19H38NO4S2/c1-4-5-6-7-8-9-10-11-12-13-15-25-16-14-18(21)20-19(2,3)17-26(22,23)24/h14H,4-13,15-17H2,1-3H3,(H,20,21)(H,22,23,24). The Labute approximate surface area is 165 Å². The normalized spacial score (nSPS) is 12.3. The van der Waals surface area contributed by atoms with Crippen LogP contribution in [0.4, 0.5) is 0 Å². The molecular formula is C19H38NO4S2. The SMILES string of the molecule is CCCCCCCCCCCCSC[CH]C(=O)NC(C)(C)CS(=O)(=O)O. The average Bonchev–Trinajstić information content (AvgIpc) is 2.48. The zero-order valence-corrected chi connectivity index (χ0v) is 18.4. The Hall–Kier alpha value is -0.270. The number of rotatable bonds is 17. The second-order valence-corrected chi connectivity index (χ2v) is 10.2. The molecule has 0 unspecified atom stereocenters. The van der Waals surface area contributed by atoms with E-state index in [1.807, 2.05) is 0 Å². The van der Waals surface area contributed by atoms with Gasteiger partial charge in [-0.15, -0.1) is 0 Å². The molecule has 0 bridgehead atoms. The quantitative estimate of drug-likeness (QED) is 0.271. The van der Waals surface area contributed by atoms with E-state index in [9.17, 15) is 13.2 Å². The van der Waals surface area contributed by atoms with Crippen molar-refractivity contribution in [3.05, 3.63) is 6.42 Å². The van der Waals surface area contributed by atoms with E-state index in [1.54, 1.807) is 25.6 Å². The van der Waals surface area contributed by atoms with Gasteiger partial charge in [0.25, 0.3) is 10.1 Å². The Morgan fingerprint density at radius 2 is 1.50 bits per heavy atom. The number of unbranched alkanes of at least 4 members (excludes halogenated alkanes) is 9. The highest BCUT2D eigenvalue weighted by atomic mass is 32.2. The summed E-state index contributed by atoms with van der Waals surface area (Å²) in [6.07, 6.45) is 14.7. The molecule has 0 saturated heterocycles. The van der Waals surface area contributed by atoms with Crippen molar-refractivity contribution in [1.29, 1.82) is 0 Å². The first kappa shape index (κ1) is 25.7. The van der Waals surface area contributed by atoms with Crippen LogP contribution in [-0.2, 0) is 14.9 Å². The third-order valence-electron chi connectivity index (χ3n) is 4.03. The van der Waals surface area contributed by atoms with Crippen LogP contribution in [0, 0.1) is 6.42 Å². The van der Waals surface area contributed by atoms with Crippen molar-refractivity contribution in [2.45, 2.75) is 90.5 Å². The van der Waals surface area contributed by atoms with Crippen LogP contribution in [-0.4, -0.2) is 41.7 Å². The van der Waals surface area contributed by atoms with Gasteiger partial charge >= 0.3 is 0 Å². The highest BCUT2D eigenvalue weighted by molar-refractivity contribution is 7.99. The molecule has 7 heteroatoms. The van der Waals surface area contributed by atoms with Gasteiger partial charge in [0.1, 0.15) is 0 Å². The summed E-state index contributed by atoms with van der Waals surface area (Å²) in [7, 11) is -4.11. The fourth-order valence-corrected chi connectivity index (χ4v) is 4.61. The molecule has 0 aliphatic rings. The van der Waals surface area contributed by atoms with E-state index in [-0.39, 0.29) is 5.91 Å². The van der Waals surface area contributed by atoms with Gasteiger partial charge < -0.3 is 5.32 Å². The van der Waals surface area contributed by atoms with E-state index in [0.717, 1.165) is 5.75 Å². The zero-order chi connectivity index (χ0) is 19.9. The van der Waals surface area contributed by atoms with E-state index in [4.69, 9.17) is 4.55 Å². The average molecular weight is 409 g/mol. The van der Waals surface area contributed by atoms with Crippen LogP contribution in [0.3, 0.4) is 0 Å². The summed E-state index contributed by atoms with van der Waals surface area (Å²) in [6, 6.07) is 0. The summed E-state index contributed by atoms with van der Waals surface area (Å²) in [5.74, 6) is 0.861.